The Morgan fingerprint density at radius 1 is 0.560 bits per heavy atom. The lowest BCUT2D eigenvalue weighted by Crippen LogP contribution is -1.89. The lowest BCUT2D eigenvalue weighted by Gasteiger charge is -2.13. The fourth-order valence-electron chi connectivity index (χ4n) is 2.82. The zero-order valence-electron chi connectivity index (χ0n) is 13.4. The van der Waals surface area contributed by atoms with E-state index in [9.17, 15) is 5.11 Å². The van der Waals surface area contributed by atoms with Gasteiger partial charge in [0.05, 0.1) is 0 Å². The van der Waals surface area contributed by atoms with E-state index in [4.69, 9.17) is 0 Å². The zero-order valence-corrected chi connectivity index (χ0v) is 13.4. The predicted octanol–water partition coefficient (Wildman–Crippen LogP) is 4.58. The van der Waals surface area contributed by atoms with Gasteiger partial charge in [-0.1, -0.05) is 18.2 Å². The van der Waals surface area contributed by atoms with Gasteiger partial charge in [-0.15, -0.1) is 0 Å². The van der Waals surface area contributed by atoms with Gasteiger partial charge in [-0.05, 0) is 35.9 Å². The molecular formula is C21H15N3O. The van der Waals surface area contributed by atoms with Crippen molar-refractivity contribution in [3.05, 3.63) is 85.7 Å². The maximum absolute atomic E-state index is 10.9. The van der Waals surface area contributed by atoms with E-state index in [-0.39, 0.29) is 5.75 Å². The first-order chi connectivity index (χ1) is 12.3. The van der Waals surface area contributed by atoms with Crippen molar-refractivity contribution in [2.75, 3.05) is 0 Å². The average molecular weight is 325 g/mol. The molecule has 0 spiro atoms. The smallest absolute Gasteiger partial charge is 0.131 e. The van der Waals surface area contributed by atoms with Crippen molar-refractivity contribution in [3.8, 4) is 39.1 Å². The van der Waals surface area contributed by atoms with Gasteiger partial charge in [0.1, 0.15) is 5.75 Å². The zero-order chi connectivity index (χ0) is 17.1. The molecule has 1 N–H and O–H groups in total. The lowest BCUT2D eigenvalue weighted by molar-refractivity contribution is 0.479. The number of pyridine rings is 3. The standard InChI is InChI=1S/C21H15N3O/c25-21-19(16-5-2-8-23-13-16)10-18(15-4-1-7-22-12-15)11-20(21)17-6-3-9-24-14-17/h1-14,25H. The van der Waals surface area contributed by atoms with Crippen LogP contribution in [0.5, 0.6) is 5.75 Å². The molecule has 0 bridgehead atoms. The van der Waals surface area contributed by atoms with Crippen LogP contribution in [0.4, 0.5) is 0 Å². The molecule has 0 unspecified atom stereocenters. The highest BCUT2D eigenvalue weighted by molar-refractivity contribution is 5.87. The highest BCUT2D eigenvalue weighted by Gasteiger charge is 2.14. The largest absolute Gasteiger partial charge is 0.507 e. The molecule has 0 radical (unpaired) electrons. The van der Waals surface area contributed by atoms with E-state index < -0.39 is 0 Å². The molecule has 0 amide bonds. The van der Waals surface area contributed by atoms with Crippen molar-refractivity contribution in [2.45, 2.75) is 0 Å². The van der Waals surface area contributed by atoms with E-state index in [1.807, 2.05) is 54.7 Å². The van der Waals surface area contributed by atoms with Gasteiger partial charge >= 0.3 is 0 Å². The predicted molar refractivity (Wildman–Crippen MR) is 97.8 cm³/mol. The molecule has 4 aromatic rings. The van der Waals surface area contributed by atoms with Crippen LogP contribution in [0, 0.1) is 0 Å². The van der Waals surface area contributed by atoms with Crippen LogP contribution in [0.15, 0.2) is 85.7 Å². The van der Waals surface area contributed by atoms with Crippen molar-refractivity contribution >= 4 is 0 Å². The summed E-state index contributed by atoms with van der Waals surface area (Å²) in [6.45, 7) is 0. The molecule has 0 fully saturated rings. The van der Waals surface area contributed by atoms with Crippen LogP contribution >= 0.6 is 0 Å². The summed E-state index contributed by atoms with van der Waals surface area (Å²) in [4.78, 5) is 12.5. The maximum Gasteiger partial charge on any atom is 0.131 e. The second-order valence-corrected chi connectivity index (χ2v) is 5.65. The number of nitrogens with zero attached hydrogens (tertiary/aromatic N) is 3. The molecule has 0 aliphatic rings. The average Bonchev–Trinajstić information content (AvgIpc) is 2.70. The van der Waals surface area contributed by atoms with E-state index in [1.165, 1.54) is 0 Å². The fraction of sp³-hybridized carbons (Fsp3) is 0. The molecule has 3 aromatic heterocycles. The Hall–Kier alpha value is -3.53. The summed E-state index contributed by atoms with van der Waals surface area (Å²) < 4.78 is 0. The van der Waals surface area contributed by atoms with Gasteiger partial charge in [-0.25, -0.2) is 0 Å². The van der Waals surface area contributed by atoms with Gasteiger partial charge in [0.15, 0.2) is 0 Å². The molecular weight excluding hydrogens is 310 g/mol. The Bertz CT molecular complexity index is 927. The summed E-state index contributed by atoms with van der Waals surface area (Å²) in [5, 5.41) is 10.9. The maximum atomic E-state index is 10.9. The van der Waals surface area contributed by atoms with Crippen molar-refractivity contribution in [1.29, 1.82) is 0 Å². The number of aromatic nitrogens is 3. The topological polar surface area (TPSA) is 58.9 Å². The second kappa shape index (κ2) is 6.53. The van der Waals surface area contributed by atoms with Crippen LogP contribution in [-0.4, -0.2) is 20.1 Å². The Morgan fingerprint density at radius 3 is 1.40 bits per heavy atom. The molecule has 120 valence electrons. The molecule has 25 heavy (non-hydrogen) atoms. The van der Waals surface area contributed by atoms with Crippen molar-refractivity contribution in [3.63, 3.8) is 0 Å². The van der Waals surface area contributed by atoms with Gasteiger partial charge in [0.2, 0.25) is 0 Å². The molecule has 0 saturated heterocycles. The summed E-state index contributed by atoms with van der Waals surface area (Å²) in [5.41, 5.74) is 5.13. The molecule has 3 heterocycles. The van der Waals surface area contributed by atoms with E-state index in [2.05, 4.69) is 15.0 Å². The van der Waals surface area contributed by atoms with E-state index >= 15 is 0 Å². The second-order valence-electron chi connectivity index (χ2n) is 5.65. The van der Waals surface area contributed by atoms with Crippen molar-refractivity contribution in [2.24, 2.45) is 0 Å². The van der Waals surface area contributed by atoms with Crippen LogP contribution in [0.2, 0.25) is 0 Å². The third-order valence-electron chi connectivity index (χ3n) is 4.05. The minimum atomic E-state index is 0.216. The Labute approximate surface area is 145 Å². The van der Waals surface area contributed by atoms with Crippen LogP contribution in [-0.2, 0) is 0 Å². The quantitative estimate of drug-likeness (QED) is 0.599. The molecule has 4 rings (SSSR count). The van der Waals surface area contributed by atoms with Gasteiger partial charge in [0, 0.05) is 65.0 Å². The first-order valence-electron chi connectivity index (χ1n) is 7.91. The number of hydrogen-bond donors (Lipinski definition) is 1. The van der Waals surface area contributed by atoms with Gasteiger partial charge in [-0.2, -0.15) is 0 Å². The van der Waals surface area contributed by atoms with E-state index in [1.54, 1.807) is 31.0 Å². The van der Waals surface area contributed by atoms with Crippen molar-refractivity contribution < 1.29 is 5.11 Å². The first kappa shape index (κ1) is 15.0. The SMILES string of the molecule is Oc1c(-c2cccnc2)cc(-c2cccnc2)cc1-c1cccnc1. The molecule has 0 aliphatic heterocycles. The van der Waals surface area contributed by atoms with Crippen LogP contribution < -0.4 is 0 Å². The number of phenols is 1. The monoisotopic (exact) mass is 325 g/mol. The summed E-state index contributed by atoms with van der Waals surface area (Å²) in [6, 6.07) is 15.4. The minimum Gasteiger partial charge on any atom is -0.507 e. The highest BCUT2D eigenvalue weighted by Crippen LogP contribution is 2.41. The van der Waals surface area contributed by atoms with Gasteiger partial charge in [-0.3, -0.25) is 15.0 Å². The summed E-state index contributed by atoms with van der Waals surface area (Å²) in [7, 11) is 0. The molecule has 4 nitrogen and oxygen atoms in total. The van der Waals surface area contributed by atoms with Crippen molar-refractivity contribution in [1.82, 2.24) is 15.0 Å². The Kier molecular flexibility index (Phi) is 3.92. The van der Waals surface area contributed by atoms with Crippen LogP contribution in [0.1, 0.15) is 0 Å². The van der Waals surface area contributed by atoms with E-state index in [0.29, 0.717) is 0 Å². The van der Waals surface area contributed by atoms with Gasteiger partial charge < -0.3 is 5.11 Å². The third kappa shape index (κ3) is 2.97. The summed E-state index contributed by atoms with van der Waals surface area (Å²) in [5.74, 6) is 0.216. The van der Waals surface area contributed by atoms with Crippen LogP contribution in [0.25, 0.3) is 33.4 Å². The molecule has 1 aromatic carbocycles. The molecule has 0 saturated carbocycles. The minimum absolute atomic E-state index is 0.216. The Morgan fingerprint density at radius 2 is 1.00 bits per heavy atom. The molecule has 0 aliphatic carbocycles. The molecule has 4 heteroatoms. The molecule has 0 atom stereocenters. The van der Waals surface area contributed by atoms with Crippen LogP contribution in [0.3, 0.4) is 0 Å². The fourth-order valence-corrected chi connectivity index (χ4v) is 2.82. The Balaban J connectivity index is 1.98. The summed E-state index contributed by atoms with van der Waals surface area (Å²) >= 11 is 0. The normalized spacial score (nSPS) is 10.6. The number of rotatable bonds is 3. The lowest BCUT2D eigenvalue weighted by atomic mass is 9.93. The third-order valence-corrected chi connectivity index (χ3v) is 4.05. The number of aromatic hydroxyl groups is 1. The number of benzene rings is 1. The van der Waals surface area contributed by atoms with E-state index in [0.717, 1.165) is 33.4 Å². The van der Waals surface area contributed by atoms with Gasteiger partial charge in [0.25, 0.3) is 0 Å². The summed E-state index contributed by atoms with van der Waals surface area (Å²) in [6.07, 6.45) is 10.5. The number of hydrogen-bond acceptors (Lipinski definition) is 4. The number of phenolic OH excluding ortho intramolecular Hbond substituents is 1. The highest BCUT2D eigenvalue weighted by atomic mass is 16.3. The first-order valence-corrected chi connectivity index (χ1v) is 7.91.